The van der Waals surface area contributed by atoms with Gasteiger partial charge in [-0.15, -0.1) is 10.2 Å². The lowest BCUT2D eigenvalue weighted by atomic mass is 9.98. The molecule has 6 nitrogen and oxygen atoms in total. The van der Waals surface area contributed by atoms with Crippen LogP contribution in [-0.4, -0.2) is 33.0 Å². The second-order valence-corrected chi connectivity index (χ2v) is 9.96. The van der Waals surface area contributed by atoms with Crippen LogP contribution in [0.2, 0.25) is 0 Å². The first kappa shape index (κ1) is 24.5. The molecule has 180 valence electrons. The van der Waals surface area contributed by atoms with Crippen LogP contribution in [0, 0.1) is 6.92 Å². The number of hydrogen-bond donors (Lipinski definition) is 1. The molecule has 7 heteroatoms. The third-order valence-corrected chi connectivity index (χ3v) is 6.87. The zero-order valence-electron chi connectivity index (χ0n) is 20.6. The topological polar surface area (TPSA) is 69.0 Å². The van der Waals surface area contributed by atoms with E-state index >= 15 is 0 Å². The van der Waals surface area contributed by atoms with Crippen molar-refractivity contribution in [1.29, 1.82) is 0 Å². The van der Waals surface area contributed by atoms with E-state index in [1.54, 1.807) is 7.11 Å². The van der Waals surface area contributed by atoms with E-state index in [0.29, 0.717) is 16.9 Å². The van der Waals surface area contributed by atoms with Gasteiger partial charge < -0.3 is 10.1 Å². The zero-order chi connectivity index (χ0) is 24.9. The second kappa shape index (κ2) is 10.8. The summed E-state index contributed by atoms with van der Waals surface area (Å²) in [5.41, 5.74) is 4.91. The number of rotatable bonds is 8. The van der Waals surface area contributed by atoms with Crippen molar-refractivity contribution in [2.45, 2.75) is 44.0 Å². The molecule has 0 spiro atoms. The molecule has 0 aliphatic rings. The number of methoxy groups -OCH3 is 1. The molecule has 0 radical (unpaired) electrons. The number of aryl methyl sites for hydroxylation is 1. The van der Waals surface area contributed by atoms with Crippen LogP contribution in [0.4, 0.5) is 5.69 Å². The number of para-hydroxylation sites is 2. The molecule has 0 bridgehead atoms. The quantitative estimate of drug-likeness (QED) is 0.288. The normalized spacial score (nSPS) is 11.9. The molecule has 3 aromatic carbocycles. The lowest BCUT2D eigenvalue weighted by Crippen LogP contribution is -2.24. The summed E-state index contributed by atoms with van der Waals surface area (Å²) in [6.07, 6.45) is 0. The number of nitrogens with one attached hydrogen (secondary N) is 1. The molecule has 1 aromatic heterocycles. The van der Waals surface area contributed by atoms with Crippen LogP contribution in [-0.2, 0) is 4.79 Å². The van der Waals surface area contributed by atoms with Crippen LogP contribution in [0.15, 0.2) is 78.0 Å². The van der Waals surface area contributed by atoms with E-state index in [0.717, 1.165) is 33.8 Å². The summed E-state index contributed by atoms with van der Waals surface area (Å²) in [4.78, 5) is 13.2. The van der Waals surface area contributed by atoms with Gasteiger partial charge in [0.25, 0.3) is 0 Å². The summed E-state index contributed by atoms with van der Waals surface area (Å²) in [6.45, 7) is 8.17. The summed E-state index contributed by atoms with van der Waals surface area (Å²) < 4.78 is 7.28. The van der Waals surface area contributed by atoms with Gasteiger partial charge in [0, 0.05) is 16.9 Å². The van der Waals surface area contributed by atoms with E-state index in [-0.39, 0.29) is 11.2 Å². The van der Waals surface area contributed by atoms with Gasteiger partial charge in [0.2, 0.25) is 5.91 Å². The van der Waals surface area contributed by atoms with E-state index in [2.05, 4.69) is 35.4 Å². The number of thioether (sulfide) groups is 1. The first-order chi connectivity index (χ1) is 16.9. The minimum atomic E-state index is -0.384. The molecule has 0 aliphatic heterocycles. The van der Waals surface area contributed by atoms with E-state index in [1.165, 1.54) is 11.8 Å². The van der Waals surface area contributed by atoms with Crippen LogP contribution in [0.1, 0.15) is 37.8 Å². The van der Waals surface area contributed by atoms with Gasteiger partial charge in [-0.1, -0.05) is 62.0 Å². The number of carbonyl (C=O) groups excluding carboxylic acids is 1. The van der Waals surface area contributed by atoms with Gasteiger partial charge in [0.15, 0.2) is 11.0 Å². The first-order valence-corrected chi connectivity index (χ1v) is 12.5. The van der Waals surface area contributed by atoms with Crippen molar-refractivity contribution < 1.29 is 9.53 Å². The van der Waals surface area contributed by atoms with E-state index in [9.17, 15) is 4.79 Å². The maximum absolute atomic E-state index is 13.2. The van der Waals surface area contributed by atoms with Gasteiger partial charge in [-0.05, 0) is 67.3 Å². The summed E-state index contributed by atoms with van der Waals surface area (Å²) in [5.74, 6) is 1.72. The fourth-order valence-electron chi connectivity index (χ4n) is 3.86. The fourth-order valence-corrected chi connectivity index (χ4v) is 4.73. The maximum Gasteiger partial charge on any atom is 0.237 e. The molecule has 1 unspecified atom stereocenters. The Hall–Kier alpha value is -3.58. The predicted molar refractivity (Wildman–Crippen MR) is 143 cm³/mol. The summed E-state index contributed by atoms with van der Waals surface area (Å²) in [6, 6.07) is 23.8. The summed E-state index contributed by atoms with van der Waals surface area (Å²) >= 11 is 1.39. The fraction of sp³-hybridized carbons (Fsp3) is 0.250. The molecule has 1 amide bonds. The maximum atomic E-state index is 13.2. The second-order valence-electron chi connectivity index (χ2n) is 8.65. The highest BCUT2D eigenvalue weighted by Gasteiger charge is 2.23. The molecular weight excluding hydrogens is 456 g/mol. The van der Waals surface area contributed by atoms with Crippen molar-refractivity contribution in [2.75, 3.05) is 12.4 Å². The van der Waals surface area contributed by atoms with Gasteiger partial charge in [-0.3, -0.25) is 9.36 Å². The Morgan fingerprint density at radius 1 is 0.943 bits per heavy atom. The first-order valence-electron chi connectivity index (χ1n) is 11.6. The minimum Gasteiger partial charge on any atom is -0.497 e. The van der Waals surface area contributed by atoms with Crippen LogP contribution >= 0.6 is 11.8 Å². The SMILES string of the molecule is COc1ccc(-c2nnc(SC(C)C(=O)Nc3c(C)cccc3C(C)C)n2-c2ccccc2)cc1. The highest BCUT2D eigenvalue weighted by Crippen LogP contribution is 2.32. The number of nitrogens with zero attached hydrogens (tertiary/aromatic N) is 3. The van der Waals surface area contributed by atoms with Crippen molar-refractivity contribution in [3.63, 3.8) is 0 Å². The highest BCUT2D eigenvalue weighted by atomic mass is 32.2. The Morgan fingerprint density at radius 2 is 1.66 bits per heavy atom. The van der Waals surface area contributed by atoms with Crippen LogP contribution in [0.25, 0.3) is 17.1 Å². The Bertz CT molecular complexity index is 1300. The van der Waals surface area contributed by atoms with Gasteiger partial charge in [0.05, 0.1) is 12.4 Å². The van der Waals surface area contributed by atoms with Crippen molar-refractivity contribution in [3.8, 4) is 22.8 Å². The molecule has 0 aliphatic carbocycles. The monoisotopic (exact) mass is 486 g/mol. The van der Waals surface area contributed by atoms with Gasteiger partial charge in [-0.25, -0.2) is 0 Å². The molecule has 0 saturated heterocycles. The highest BCUT2D eigenvalue weighted by molar-refractivity contribution is 8.00. The number of hydrogen-bond acceptors (Lipinski definition) is 5. The van der Waals surface area contributed by atoms with Crippen molar-refractivity contribution >= 4 is 23.4 Å². The van der Waals surface area contributed by atoms with E-state index < -0.39 is 0 Å². The van der Waals surface area contributed by atoms with E-state index in [1.807, 2.05) is 85.1 Å². The molecule has 4 aromatic rings. The molecule has 0 fully saturated rings. The molecule has 1 heterocycles. The largest absolute Gasteiger partial charge is 0.497 e. The van der Waals surface area contributed by atoms with Gasteiger partial charge >= 0.3 is 0 Å². The number of carbonyl (C=O) groups is 1. The molecule has 1 N–H and O–H groups in total. The Morgan fingerprint density at radius 3 is 2.31 bits per heavy atom. The van der Waals surface area contributed by atoms with Crippen molar-refractivity contribution in [2.24, 2.45) is 0 Å². The van der Waals surface area contributed by atoms with Gasteiger partial charge in [-0.2, -0.15) is 0 Å². The van der Waals surface area contributed by atoms with Crippen LogP contribution in [0.3, 0.4) is 0 Å². The standard InChI is InChI=1S/C28H30N4O2S/c1-18(2)24-13-9-10-19(3)25(24)29-27(33)20(4)35-28-31-30-26(21-14-16-23(34-5)17-15-21)32(28)22-11-7-6-8-12-22/h6-18,20H,1-5H3,(H,29,33). The van der Waals surface area contributed by atoms with Crippen LogP contribution < -0.4 is 10.1 Å². The summed E-state index contributed by atoms with van der Waals surface area (Å²) in [7, 11) is 1.64. The third kappa shape index (κ3) is 5.41. The number of amides is 1. The molecule has 35 heavy (non-hydrogen) atoms. The molecule has 4 rings (SSSR count). The number of ether oxygens (including phenoxy) is 1. The Kier molecular flexibility index (Phi) is 7.56. The molecule has 1 atom stereocenters. The van der Waals surface area contributed by atoms with Crippen LogP contribution in [0.5, 0.6) is 5.75 Å². The van der Waals surface area contributed by atoms with E-state index in [4.69, 9.17) is 4.74 Å². The average molecular weight is 487 g/mol. The molecule has 0 saturated carbocycles. The van der Waals surface area contributed by atoms with Gasteiger partial charge in [0.1, 0.15) is 5.75 Å². The predicted octanol–water partition coefficient (Wildman–Crippen LogP) is 6.49. The zero-order valence-corrected chi connectivity index (χ0v) is 21.5. The van der Waals surface area contributed by atoms with Crippen molar-refractivity contribution in [3.05, 3.63) is 83.9 Å². The third-order valence-electron chi connectivity index (χ3n) is 5.82. The lowest BCUT2D eigenvalue weighted by Gasteiger charge is -2.19. The lowest BCUT2D eigenvalue weighted by molar-refractivity contribution is -0.115. The number of anilines is 1. The Labute approximate surface area is 210 Å². The molecular formula is C28H30N4O2S. The number of aromatic nitrogens is 3. The average Bonchev–Trinajstić information content (AvgIpc) is 3.28. The van der Waals surface area contributed by atoms with Crippen molar-refractivity contribution in [1.82, 2.24) is 14.8 Å². The number of benzene rings is 3. The Balaban J connectivity index is 1.64. The minimum absolute atomic E-state index is 0.0696. The summed E-state index contributed by atoms with van der Waals surface area (Å²) in [5, 5.41) is 12.4. The smallest absolute Gasteiger partial charge is 0.237 e.